The van der Waals surface area contributed by atoms with Crippen LogP contribution < -0.4 is 0 Å². The van der Waals surface area contributed by atoms with Crippen molar-refractivity contribution in [2.75, 3.05) is 19.6 Å². The van der Waals surface area contributed by atoms with Crippen LogP contribution in [0.1, 0.15) is 34.1 Å². The predicted octanol–water partition coefficient (Wildman–Crippen LogP) is 1.59. The number of hydrogen-bond acceptors (Lipinski definition) is 1. The summed E-state index contributed by atoms with van der Waals surface area (Å²) in [4.78, 5) is 0. The summed E-state index contributed by atoms with van der Waals surface area (Å²) in [5.41, 5.74) is 0. The van der Waals surface area contributed by atoms with Crippen LogP contribution in [0.5, 0.6) is 0 Å². The van der Waals surface area contributed by atoms with E-state index in [1.165, 1.54) is 0 Å². The lowest BCUT2D eigenvalue weighted by atomic mass is 10.3. The van der Waals surface area contributed by atoms with E-state index in [1.807, 2.05) is 6.92 Å². The fourth-order valence-corrected chi connectivity index (χ4v) is 1.70. The molecule has 0 saturated carbocycles. The van der Waals surface area contributed by atoms with E-state index in [2.05, 4.69) is 20.8 Å². The van der Waals surface area contributed by atoms with Crippen LogP contribution in [0.15, 0.2) is 0 Å². The zero-order chi connectivity index (χ0) is 8.91. The van der Waals surface area contributed by atoms with E-state index in [9.17, 15) is 5.11 Å². The topological polar surface area (TPSA) is 20.2 Å². The van der Waals surface area contributed by atoms with Gasteiger partial charge in [0.25, 0.3) is 0 Å². The van der Waals surface area contributed by atoms with E-state index in [0.29, 0.717) is 0 Å². The molecule has 0 saturated heterocycles. The molecule has 0 aromatic carbocycles. The average Bonchev–Trinajstić information content (AvgIpc) is 2.00. The molecular formula is C9H22NO+. The first-order valence-electron chi connectivity index (χ1n) is 4.66. The summed E-state index contributed by atoms with van der Waals surface area (Å²) in [5, 5.41) is 9.57. The molecule has 0 aliphatic heterocycles. The predicted molar refractivity (Wildman–Crippen MR) is 48.2 cm³/mol. The largest absolute Gasteiger partial charge is 0.345 e. The first kappa shape index (κ1) is 10.9. The Balaban J connectivity index is 4.20. The fraction of sp³-hybridized carbons (Fsp3) is 1.00. The van der Waals surface area contributed by atoms with Gasteiger partial charge in [-0.15, -0.1) is 0 Å². The number of nitrogens with zero attached hydrogens (tertiary/aromatic N) is 1. The maximum absolute atomic E-state index is 9.57. The average molecular weight is 160 g/mol. The Morgan fingerprint density at radius 3 is 1.73 bits per heavy atom. The molecule has 0 rings (SSSR count). The van der Waals surface area contributed by atoms with Crippen LogP contribution >= 0.6 is 0 Å². The van der Waals surface area contributed by atoms with E-state index < -0.39 is 0 Å². The molecule has 0 amide bonds. The van der Waals surface area contributed by atoms with Crippen LogP contribution in [0.2, 0.25) is 0 Å². The minimum absolute atomic E-state index is 0.218. The van der Waals surface area contributed by atoms with Crippen molar-refractivity contribution in [3.8, 4) is 0 Å². The number of aliphatic hydroxyl groups excluding tert-OH is 1. The van der Waals surface area contributed by atoms with Crippen LogP contribution in [0.4, 0.5) is 0 Å². The van der Waals surface area contributed by atoms with Gasteiger partial charge in [0.1, 0.15) is 0 Å². The van der Waals surface area contributed by atoms with Gasteiger partial charge in [-0.25, -0.2) is 0 Å². The van der Waals surface area contributed by atoms with Gasteiger partial charge < -0.3 is 5.11 Å². The van der Waals surface area contributed by atoms with Crippen molar-refractivity contribution < 1.29 is 9.59 Å². The van der Waals surface area contributed by atoms with Crippen molar-refractivity contribution >= 4 is 0 Å². The van der Waals surface area contributed by atoms with Gasteiger partial charge >= 0.3 is 0 Å². The summed E-state index contributed by atoms with van der Waals surface area (Å²) in [6, 6.07) is 0. The Kier molecular flexibility index (Phi) is 4.69. The van der Waals surface area contributed by atoms with E-state index in [0.717, 1.165) is 30.5 Å². The van der Waals surface area contributed by atoms with E-state index in [1.54, 1.807) is 0 Å². The summed E-state index contributed by atoms with van der Waals surface area (Å²) in [6.07, 6.45) is 0.928. The van der Waals surface area contributed by atoms with Gasteiger partial charge in [-0.1, -0.05) is 6.92 Å². The van der Waals surface area contributed by atoms with E-state index in [-0.39, 0.29) is 6.23 Å². The molecular weight excluding hydrogens is 138 g/mol. The third-order valence-electron chi connectivity index (χ3n) is 2.72. The highest BCUT2D eigenvalue weighted by molar-refractivity contribution is 4.39. The molecule has 1 N–H and O–H groups in total. The molecule has 2 heteroatoms. The minimum atomic E-state index is -0.218. The van der Waals surface area contributed by atoms with E-state index in [4.69, 9.17) is 0 Å². The van der Waals surface area contributed by atoms with Gasteiger partial charge in [0.05, 0.1) is 19.6 Å². The Labute approximate surface area is 70.4 Å². The lowest BCUT2D eigenvalue weighted by Gasteiger charge is -2.39. The third-order valence-corrected chi connectivity index (χ3v) is 2.72. The number of aliphatic hydroxyl groups is 1. The van der Waals surface area contributed by atoms with Crippen LogP contribution in [0.25, 0.3) is 0 Å². The second kappa shape index (κ2) is 4.73. The minimum Gasteiger partial charge on any atom is -0.345 e. The first-order chi connectivity index (χ1) is 5.13. The molecule has 0 aromatic rings. The SMILES string of the molecule is CCC[N+](CC)(CC)C(C)O. The number of quaternary nitrogens is 1. The molecule has 2 nitrogen and oxygen atoms in total. The molecule has 68 valence electrons. The highest BCUT2D eigenvalue weighted by atomic mass is 16.3. The molecule has 0 spiro atoms. The zero-order valence-electron chi connectivity index (χ0n) is 8.30. The molecule has 0 fully saturated rings. The number of rotatable bonds is 5. The molecule has 0 radical (unpaired) electrons. The standard InChI is InChI=1S/C9H22NO/c1-5-8-10(6-2,7-3)9(4)11/h9,11H,5-8H2,1-4H3/q+1. The highest BCUT2D eigenvalue weighted by Crippen LogP contribution is 2.11. The van der Waals surface area contributed by atoms with Crippen molar-refractivity contribution in [2.24, 2.45) is 0 Å². The van der Waals surface area contributed by atoms with Crippen LogP contribution in [0.3, 0.4) is 0 Å². The van der Waals surface area contributed by atoms with Gasteiger partial charge in [-0.3, -0.25) is 4.48 Å². The van der Waals surface area contributed by atoms with Gasteiger partial charge in [-0.2, -0.15) is 0 Å². The molecule has 0 aliphatic rings. The van der Waals surface area contributed by atoms with E-state index >= 15 is 0 Å². The maximum Gasteiger partial charge on any atom is 0.187 e. The first-order valence-corrected chi connectivity index (χ1v) is 4.66. The third kappa shape index (κ3) is 2.46. The Hall–Kier alpha value is -0.0800. The van der Waals surface area contributed by atoms with Crippen molar-refractivity contribution in [3.05, 3.63) is 0 Å². The lowest BCUT2D eigenvalue weighted by molar-refractivity contribution is -0.966. The summed E-state index contributed by atoms with van der Waals surface area (Å²) in [7, 11) is 0. The smallest absolute Gasteiger partial charge is 0.187 e. The summed E-state index contributed by atoms with van der Waals surface area (Å²) < 4.78 is 0.844. The number of hydrogen-bond donors (Lipinski definition) is 1. The Morgan fingerprint density at radius 2 is 1.64 bits per heavy atom. The summed E-state index contributed by atoms with van der Waals surface area (Å²) >= 11 is 0. The van der Waals surface area contributed by atoms with Crippen molar-refractivity contribution in [1.29, 1.82) is 0 Å². The molecule has 0 bridgehead atoms. The van der Waals surface area contributed by atoms with Crippen molar-refractivity contribution in [2.45, 2.75) is 40.3 Å². The van der Waals surface area contributed by atoms with Gasteiger partial charge in [-0.05, 0) is 20.3 Å². The molecule has 0 heterocycles. The lowest BCUT2D eigenvalue weighted by Crippen LogP contribution is -2.54. The van der Waals surface area contributed by atoms with Gasteiger partial charge in [0, 0.05) is 6.92 Å². The Morgan fingerprint density at radius 1 is 1.18 bits per heavy atom. The highest BCUT2D eigenvalue weighted by Gasteiger charge is 2.27. The summed E-state index contributed by atoms with van der Waals surface area (Å²) in [6.45, 7) is 11.5. The monoisotopic (exact) mass is 160 g/mol. The molecule has 11 heavy (non-hydrogen) atoms. The van der Waals surface area contributed by atoms with Crippen LogP contribution in [-0.4, -0.2) is 35.5 Å². The molecule has 0 aliphatic carbocycles. The molecule has 1 unspecified atom stereocenters. The van der Waals surface area contributed by atoms with Gasteiger partial charge in [0.15, 0.2) is 6.23 Å². The Bertz CT molecular complexity index is 97.7. The maximum atomic E-state index is 9.57. The fourth-order valence-electron chi connectivity index (χ4n) is 1.70. The van der Waals surface area contributed by atoms with Gasteiger partial charge in [0.2, 0.25) is 0 Å². The van der Waals surface area contributed by atoms with Crippen LogP contribution in [0, 0.1) is 0 Å². The second-order valence-electron chi connectivity index (χ2n) is 3.21. The molecule has 1 atom stereocenters. The normalized spacial score (nSPS) is 15.0. The summed E-state index contributed by atoms with van der Waals surface area (Å²) in [5.74, 6) is 0. The van der Waals surface area contributed by atoms with Crippen LogP contribution in [-0.2, 0) is 0 Å². The molecule has 0 aromatic heterocycles. The second-order valence-corrected chi connectivity index (χ2v) is 3.21. The van der Waals surface area contributed by atoms with Crippen molar-refractivity contribution in [1.82, 2.24) is 0 Å². The zero-order valence-corrected chi connectivity index (χ0v) is 8.30. The van der Waals surface area contributed by atoms with Crippen molar-refractivity contribution in [3.63, 3.8) is 0 Å². The quantitative estimate of drug-likeness (QED) is 0.478.